The summed E-state index contributed by atoms with van der Waals surface area (Å²) in [5.74, 6) is 0. The molecule has 2 unspecified atom stereocenters. The summed E-state index contributed by atoms with van der Waals surface area (Å²) in [4.78, 5) is 5.21. The zero-order valence-electron chi connectivity index (χ0n) is 17.2. The van der Waals surface area contributed by atoms with Crippen molar-refractivity contribution in [2.24, 2.45) is 0 Å². The molecule has 3 aromatic carbocycles. The van der Waals surface area contributed by atoms with Gasteiger partial charge in [-0.2, -0.15) is 0 Å². The molecule has 2 aromatic heterocycles. The van der Waals surface area contributed by atoms with Crippen LogP contribution in [-0.4, -0.2) is 9.38 Å². The van der Waals surface area contributed by atoms with Crippen LogP contribution >= 0.6 is 0 Å². The van der Waals surface area contributed by atoms with Crippen LogP contribution in [0, 0.1) is 0 Å². The molecule has 1 aliphatic carbocycles. The van der Waals surface area contributed by atoms with Gasteiger partial charge in [0.1, 0.15) is 5.65 Å². The smallest absolute Gasteiger partial charge is 0.146 e. The Morgan fingerprint density at radius 1 is 0.839 bits per heavy atom. The van der Waals surface area contributed by atoms with Gasteiger partial charge in [-0.05, 0) is 66.0 Å². The average Bonchev–Trinajstić information content (AvgIpc) is 3.17. The van der Waals surface area contributed by atoms with Gasteiger partial charge in [0.2, 0.25) is 0 Å². The number of aromatic nitrogens is 2. The molecule has 2 aliphatic heterocycles. The summed E-state index contributed by atoms with van der Waals surface area (Å²) in [7, 11) is 0. The lowest BCUT2D eigenvalue weighted by atomic mass is 9.90. The number of fused-ring (bicyclic) bond motifs is 10. The van der Waals surface area contributed by atoms with E-state index in [0.29, 0.717) is 0 Å². The predicted molar refractivity (Wildman–Crippen MR) is 122 cm³/mol. The molecule has 0 amide bonds. The quantitative estimate of drug-likeness (QED) is 0.331. The Hall–Kier alpha value is -3.17. The molecular formula is C28H22N2O. The molecule has 3 heteroatoms. The van der Waals surface area contributed by atoms with Gasteiger partial charge in [-0.15, -0.1) is 0 Å². The first-order chi connectivity index (χ1) is 15.3. The zero-order valence-corrected chi connectivity index (χ0v) is 17.2. The number of rotatable bonds is 2. The fraction of sp³-hybridized carbons (Fsp3) is 0.250. The summed E-state index contributed by atoms with van der Waals surface area (Å²) in [6.07, 6.45) is 5.18. The van der Waals surface area contributed by atoms with Crippen molar-refractivity contribution < 1.29 is 4.74 Å². The molecule has 5 aromatic rings. The van der Waals surface area contributed by atoms with Crippen LogP contribution in [0.5, 0.6) is 0 Å². The maximum Gasteiger partial charge on any atom is 0.146 e. The van der Waals surface area contributed by atoms with Gasteiger partial charge in [0, 0.05) is 16.5 Å². The Morgan fingerprint density at radius 2 is 1.58 bits per heavy atom. The molecule has 0 N–H and O–H groups in total. The molecule has 1 saturated carbocycles. The molecule has 8 rings (SSSR count). The van der Waals surface area contributed by atoms with Gasteiger partial charge < -0.3 is 4.74 Å². The summed E-state index contributed by atoms with van der Waals surface area (Å²) in [6.45, 7) is 0. The molecule has 3 nitrogen and oxygen atoms in total. The highest BCUT2D eigenvalue weighted by atomic mass is 16.5. The van der Waals surface area contributed by atoms with Gasteiger partial charge in [-0.1, -0.05) is 54.6 Å². The maximum atomic E-state index is 6.21. The minimum absolute atomic E-state index is 0.0751. The summed E-state index contributed by atoms with van der Waals surface area (Å²) in [6, 6.07) is 26.8. The highest BCUT2D eigenvalue weighted by molar-refractivity contribution is 5.99. The first-order valence-corrected chi connectivity index (χ1v) is 11.4. The summed E-state index contributed by atoms with van der Waals surface area (Å²) in [5, 5.41) is 2.50. The molecular weight excluding hydrogens is 380 g/mol. The summed E-state index contributed by atoms with van der Waals surface area (Å²) in [5.41, 5.74) is 9.02. The molecule has 4 heterocycles. The van der Waals surface area contributed by atoms with Crippen molar-refractivity contribution in [3.8, 4) is 0 Å². The first kappa shape index (κ1) is 16.5. The monoisotopic (exact) mass is 402 g/mol. The number of nitrogens with zero attached hydrogens (tertiary/aromatic N) is 2. The minimum Gasteiger partial charge on any atom is -0.366 e. The van der Waals surface area contributed by atoms with Crippen LogP contribution in [0.4, 0.5) is 0 Å². The van der Waals surface area contributed by atoms with Gasteiger partial charge >= 0.3 is 0 Å². The van der Waals surface area contributed by atoms with E-state index in [0.717, 1.165) is 24.0 Å². The van der Waals surface area contributed by atoms with E-state index in [1.807, 2.05) is 0 Å². The maximum absolute atomic E-state index is 6.21. The van der Waals surface area contributed by atoms with Gasteiger partial charge in [0.15, 0.2) is 0 Å². The lowest BCUT2D eigenvalue weighted by Crippen LogP contribution is -2.14. The molecule has 2 atom stereocenters. The largest absolute Gasteiger partial charge is 0.366 e. The SMILES string of the molecule is c1ccc(C2(c3cc4ccccc4c4nc5cc6c(cc5n34)C3CCC6O3)CC2)cc1. The third-order valence-electron chi connectivity index (χ3n) is 7.87. The third kappa shape index (κ3) is 2.05. The van der Waals surface area contributed by atoms with Crippen LogP contribution in [0.3, 0.4) is 0 Å². The second kappa shape index (κ2) is 5.54. The third-order valence-corrected chi connectivity index (χ3v) is 7.87. The standard InChI is InChI=1S/C28H22N2O/c1-2-7-18(8-3-1)28(12-13-28)26-14-17-6-4-5-9-19(17)27-29-22-15-20-21(16-23(22)30(26)27)25-11-10-24(20)31-25/h1-9,14-16,24-25H,10-13H2. The number of hydrogen-bond donors (Lipinski definition) is 0. The number of ether oxygens (including phenoxy) is 1. The van der Waals surface area contributed by atoms with E-state index in [1.165, 1.54) is 51.5 Å². The van der Waals surface area contributed by atoms with Gasteiger partial charge in [-0.3, -0.25) is 4.40 Å². The second-order valence-electron chi connectivity index (χ2n) is 9.50. The molecule has 2 fully saturated rings. The fourth-order valence-corrected chi connectivity index (χ4v) is 6.20. The van der Waals surface area contributed by atoms with E-state index in [1.54, 1.807) is 0 Å². The fourth-order valence-electron chi connectivity index (χ4n) is 6.20. The lowest BCUT2D eigenvalue weighted by Gasteiger charge is -2.20. The Morgan fingerprint density at radius 3 is 2.39 bits per heavy atom. The minimum atomic E-state index is 0.0751. The highest BCUT2D eigenvalue weighted by Crippen LogP contribution is 2.55. The summed E-state index contributed by atoms with van der Waals surface area (Å²) >= 11 is 0. The zero-order chi connectivity index (χ0) is 20.2. The first-order valence-electron chi connectivity index (χ1n) is 11.4. The van der Waals surface area contributed by atoms with Crippen LogP contribution in [0.25, 0.3) is 27.5 Å². The Bertz CT molecular complexity index is 1530. The topological polar surface area (TPSA) is 26.5 Å². The number of hydrogen-bond acceptors (Lipinski definition) is 2. The normalized spacial score (nSPS) is 23.1. The lowest BCUT2D eigenvalue weighted by molar-refractivity contribution is 0.0717. The van der Waals surface area contributed by atoms with E-state index in [2.05, 4.69) is 77.2 Å². The molecule has 31 heavy (non-hydrogen) atoms. The van der Waals surface area contributed by atoms with Gasteiger partial charge in [-0.25, -0.2) is 4.98 Å². The Kier molecular flexibility index (Phi) is 2.95. The highest BCUT2D eigenvalue weighted by Gasteiger charge is 2.48. The van der Waals surface area contributed by atoms with Crippen molar-refractivity contribution in [3.05, 3.63) is 95.2 Å². The predicted octanol–water partition coefficient (Wildman–Crippen LogP) is 6.63. The van der Waals surface area contributed by atoms with Crippen LogP contribution in [0.15, 0.2) is 72.8 Å². The number of pyridine rings is 1. The second-order valence-corrected chi connectivity index (χ2v) is 9.50. The Labute approximate surface area is 180 Å². The molecule has 150 valence electrons. The van der Waals surface area contributed by atoms with Crippen molar-refractivity contribution in [2.75, 3.05) is 0 Å². The molecule has 0 radical (unpaired) electrons. The molecule has 1 saturated heterocycles. The van der Waals surface area contributed by atoms with Crippen molar-refractivity contribution in [3.63, 3.8) is 0 Å². The van der Waals surface area contributed by atoms with Crippen LogP contribution in [0.2, 0.25) is 0 Å². The summed E-state index contributed by atoms with van der Waals surface area (Å²) < 4.78 is 8.67. The van der Waals surface area contributed by atoms with Gasteiger partial charge in [0.25, 0.3) is 0 Å². The van der Waals surface area contributed by atoms with Crippen molar-refractivity contribution in [1.82, 2.24) is 9.38 Å². The Balaban J connectivity index is 1.52. The van der Waals surface area contributed by atoms with Crippen molar-refractivity contribution in [1.29, 1.82) is 0 Å². The van der Waals surface area contributed by atoms with E-state index in [4.69, 9.17) is 9.72 Å². The molecule has 0 spiro atoms. The van der Waals surface area contributed by atoms with E-state index in [-0.39, 0.29) is 17.6 Å². The molecule has 3 aliphatic rings. The van der Waals surface area contributed by atoms with Crippen molar-refractivity contribution >= 4 is 27.5 Å². The molecule has 2 bridgehead atoms. The van der Waals surface area contributed by atoms with Crippen LogP contribution in [-0.2, 0) is 10.2 Å². The van der Waals surface area contributed by atoms with E-state index < -0.39 is 0 Å². The number of benzene rings is 3. The van der Waals surface area contributed by atoms with E-state index in [9.17, 15) is 0 Å². The van der Waals surface area contributed by atoms with Crippen LogP contribution in [0.1, 0.15) is 60.3 Å². The van der Waals surface area contributed by atoms with Gasteiger partial charge in [0.05, 0.1) is 23.2 Å². The average molecular weight is 402 g/mol. The van der Waals surface area contributed by atoms with Crippen molar-refractivity contribution in [2.45, 2.75) is 43.3 Å². The van der Waals surface area contributed by atoms with E-state index >= 15 is 0 Å². The number of imidazole rings is 1. The van der Waals surface area contributed by atoms with Crippen LogP contribution < -0.4 is 0 Å².